The number of amides is 1. The van der Waals surface area contributed by atoms with Crippen molar-refractivity contribution in [2.75, 3.05) is 13.7 Å². The number of hydrogen-bond acceptors (Lipinski definition) is 3. The minimum Gasteiger partial charge on any atom is -0.497 e. The molecule has 1 aliphatic rings. The predicted octanol–water partition coefficient (Wildman–Crippen LogP) is 1.06. The van der Waals surface area contributed by atoms with Crippen LogP contribution in [-0.4, -0.2) is 25.6 Å². The molecule has 1 saturated carbocycles. The maximum absolute atomic E-state index is 11.5. The highest BCUT2D eigenvalue weighted by molar-refractivity contribution is 5.78. The molecule has 0 aliphatic heterocycles. The van der Waals surface area contributed by atoms with Gasteiger partial charge in [-0.1, -0.05) is 12.1 Å². The zero-order valence-corrected chi connectivity index (χ0v) is 10.0. The van der Waals surface area contributed by atoms with Crippen LogP contribution in [0.1, 0.15) is 18.4 Å². The molecule has 1 aromatic rings. The lowest BCUT2D eigenvalue weighted by Crippen LogP contribution is -2.34. The molecule has 0 atom stereocenters. The van der Waals surface area contributed by atoms with E-state index in [0.717, 1.165) is 11.3 Å². The van der Waals surface area contributed by atoms with Gasteiger partial charge in [0, 0.05) is 12.6 Å². The molecule has 0 saturated heterocycles. The Kier molecular flexibility index (Phi) is 3.98. The zero-order chi connectivity index (χ0) is 12.1. The molecule has 0 aromatic heterocycles. The van der Waals surface area contributed by atoms with Crippen molar-refractivity contribution in [1.82, 2.24) is 10.6 Å². The van der Waals surface area contributed by atoms with E-state index in [1.165, 1.54) is 12.8 Å². The van der Waals surface area contributed by atoms with E-state index >= 15 is 0 Å². The van der Waals surface area contributed by atoms with Crippen LogP contribution in [0, 0.1) is 0 Å². The molecule has 1 aliphatic carbocycles. The van der Waals surface area contributed by atoms with Gasteiger partial charge in [0.1, 0.15) is 5.75 Å². The maximum atomic E-state index is 11.5. The van der Waals surface area contributed by atoms with Gasteiger partial charge in [-0.2, -0.15) is 0 Å². The van der Waals surface area contributed by atoms with Crippen molar-refractivity contribution in [3.63, 3.8) is 0 Å². The average Bonchev–Trinajstić information content (AvgIpc) is 3.18. The Morgan fingerprint density at radius 1 is 1.47 bits per heavy atom. The second kappa shape index (κ2) is 5.68. The molecule has 4 nitrogen and oxygen atoms in total. The Morgan fingerprint density at radius 2 is 2.29 bits per heavy atom. The van der Waals surface area contributed by atoms with Gasteiger partial charge in [0.15, 0.2) is 0 Å². The van der Waals surface area contributed by atoms with E-state index in [4.69, 9.17) is 4.74 Å². The average molecular weight is 234 g/mol. The number of methoxy groups -OCH3 is 1. The summed E-state index contributed by atoms with van der Waals surface area (Å²) in [7, 11) is 1.64. The summed E-state index contributed by atoms with van der Waals surface area (Å²) in [6, 6.07) is 8.27. The highest BCUT2D eigenvalue weighted by atomic mass is 16.5. The Morgan fingerprint density at radius 3 is 3.00 bits per heavy atom. The van der Waals surface area contributed by atoms with Crippen LogP contribution in [0.4, 0.5) is 0 Å². The molecule has 0 unspecified atom stereocenters. The second-order valence-electron chi connectivity index (χ2n) is 4.28. The largest absolute Gasteiger partial charge is 0.497 e. The van der Waals surface area contributed by atoms with Gasteiger partial charge in [-0.15, -0.1) is 0 Å². The van der Waals surface area contributed by atoms with Crippen molar-refractivity contribution in [3.8, 4) is 5.75 Å². The molecule has 1 fully saturated rings. The van der Waals surface area contributed by atoms with E-state index in [9.17, 15) is 4.79 Å². The van der Waals surface area contributed by atoms with E-state index in [1.807, 2.05) is 24.3 Å². The lowest BCUT2D eigenvalue weighted by molar-refractivity contribution is -0.120. The quantitative estimate of drug-likeness (QED) is 0.774. The number of benzene rings is 1. The lowest BCUT2D eigenvalue weighted by Gasteiger charge is -2.07. The summed E-state index contributed by atoms with van der Waals surface area (Å²) in [6.45, 7) is 0.955. The lowest BCUT2D eigenvalue weighted by atomic mass is 10.2. The van der Waals surface area contributed by atoms with E-state index in [1.54, 1.807) is 7.11 Å². The van der Waals surface area contributed by atoms with E-state index in [-0.39, 0.29) is 5.91 Å². The molecule has 0 heterocycles. The first-order valence-electron chi connectivity index (χ1n) is 5.91. The van der Waals surface area contributed by atoms with Crippen molar-refractivity contribution in [2.24, 2.45) is 0 Å². The third kappa shape index (κ3) is 4.07. The number of ether oxygens (including phenoxy) is 1. The van der Waals surface area contributed by atoms with Gasteiger partial charge in [0.2, 0.25) is 5.91 Å². The minimum atomic E-state index is 0.0414. The fourth-order valence-corrected chi connectivity index (χ4v) is 1.57. The first-order chi connectivity index (χ1) is 8.28. The van der Waals surface area contributed by atoms with Crippen LogP contribution in [0.15, 0.2) is 24.3 Å². The summed E-state index contributed by atoms with van der Waals surface area (Å²) in [4.78, 5) is 11.5. The molecule has 1 amide bonds. The summed E-state index contributed by atoms with van der Waals surface area (Å²) in [5.74, 6) is 0.854. The first kappa shape index (κ1) is 11.9. The molecule has 0 bridgehead atoms. The Bertz CT molecular complexity index is 389. The first-order valence-corrected chi connectivity index (χ1v) is 5.91. The summed E-state index contributed by atoms with van der Waals surface area (Å²) < 4.78 is 5.12. The Hall–Kier alpha value is -1.55. The predicted molar refractivity (Wildman–Crippen MR) is 65.9 cm³/mol. The van der Waals surface area contributed by atoms with Gasteiger partial charge in [0.25, 0.3) is 0 Å². The molecular formula is C13H18N2O2. The fraction of sp³-hybridized carbons (Fsp3) is 0.462. The molecule has 2 N–H and O–H groups in total. The number of rotatable bonds is 6. The van der Waals surface area contributed by atoms with E-state index < -0.39 is 0 Å². The van der Waals surface area contributed by atoms with Crippen molar-refractivity contribution >= 4 is 5.91 Å². The van der Waals surface area contributed by atoms with Gasteiger partial charge in [-0.25, -0.2) is 0 Å². The fourth-order valence-electron chi connectivity index (χ4n) is 1.57. The molecule has 0 radical (unpaired) electrons. The van der Waals surface area contributed by atoms with Gasteiger partial charge < -0.3 is 15.4 Å². The minimum absolute atomic E-state index is 0.0414. The monoisotopic (exact) mass is 234 g/mol. The highest BCUT2D eigenvalue weighted by Crippen LogP contribution is 2.17. The molecule has 92 valence electrons. The SMILES string of the molecule is COc1cccc(CNC(=O)CNC2CC2)c1. The van der Waals surface area contributed by atoms with Crippen LogP contribution < -0.4 is 15.4 Å². The summed E-state index contributed by atoms with van der Waals surface area (Å²) in [5.41, 5.74) is 1.05. The van der Waals surface area contributed by atoms with Gasteiger partial charge >= 0.3 is 0 Å². The van der Waals surface area contributed by atoms with Gasteiger partial charge in [-0.3, -0.25) is 4.79 Å². The standard InChI is InChI=1S/C13H18N2O2/c1-17-12-4-2-3-10(7-12)8-15-13(16)9-14-11-5-6-11/h2-4,7,11,14H,5-6,8-9H2,1H3,(H,15,16). The van der Waals surface area contributed by atoms with Gasteiger partial charge in [-0.05, 0) is 30.5 Å². The smallest absolute Gasteiger partial charge is 0.234 e. The van der Waals surface area contributed by atoms with Crippen LogP contribution in [-0.2, 0) is 11.3 Å². The number of nitrogens with one attached hydrogen (secondary N) is 2. The molecule has 1 aromatic carbocycles. The zero-order valence-electron chi connectivity index (χ0n) is 10.0. The number of hydrogen-bond donors (Lipinski definition) is 2. The molecule has 17 heavy (non-hydrogen) atoms. The van der Waals surface area contributed by atoms with Crippen LogP contribution >= 0.6 is 0 Å². The Labute approximate surface area is 101 Å². The molecular weight excluding hydrogens is 216 g/mol. The van der Waals surface area contributed by atoms with Crippen molar-refractivity contribution < 1.29 is 9.53 Å². The number of carbonyl (C=O) groups excluding carboxylic acids is 1. The van der Waals surface area contributed by atoms with Crippen LogP contribution in [0.3, 0.4) is 0 Å². The summed E-state index contributed by atoms with van der Waals surface area (Å²) >= 11 is 0. The topological polar surface area (TPSA) is 50.4 Å². The van der Waals surface area contributed by atoms with Crippen molar-refractivity contribution in [3.05, 3.63) is 29.8 Å². The Balaban J connectivity index is 1.73. The third-order valence-electron chi connectivity index (χ3n) is 2.75. The number of carbonyl (C=O) groups is 1. The molecule has 4 heteroatoms. The van der Waals surface area contributed by atoms with Crippen LogP contribution in [0.5, 0.6) is 5.75 Å². The molecule has 2 rings (SSSR count). The van der Waals surface area contributed by atoms with Gasteiger partial charge in [0.05, 0.1) is 13.7 Å². The van der Waals surface area contributed by atoms with Crippen molar-refractivity contribution in [1.29, 1.82) is 0 Å². The van der Waals surface area contributed by atoms with Crippen LogP contribution in [0.2, 0.25) is 0 Å². The third-order valence-corrected chi connectivity index (χ3v) is 2.75. The maximum Gasteiger partial charge on any atom is 0.234 e. The second-order valence-corrected chi connectivity index (χ2v) is 4.28. The van der Waals surface area contributed by atoms with Crippen molar-refractivity contribution in [2.45, 2.75) is 25.4 Å². The normalized spacial score (nSPS) is 14.4. The van der Waals surface area contributed by atoms with E-state index in [2.05, 4.69) is 10.6 Å². The highest BCUT2D eigenvalue weighted by Gasteiger charge is 2.20. The summed E-state index contributed by atoms with van der Waals surface area (Å²) in [6.07, 6.45) is 2.40. The van der Waals surface area contributed by atoms with Crippen LogP contribution in [0.25, 0.3) is 0 Å². The summed E-state index contributed by atoms with van der Waals surface area (Å²) in [5, 5.41) is 6.05. The van der Waals surface area contributed by atoms with E-state index in [0.29, 0.717) is 19.1 Å². The molecule has 0 spiro atoms.